The van der Waals surface area contributed by atoms with Crippen molar-refractivity contribution in [3.05, 3.63) is 44.1 Å². The first-order chi connectivity index (χ1) is 16.3. The average molecular weight is 475 g/mol. The van der Waals surface area contributed by atoms with E-state index in [9.17, 15) is 19.5 Å². The highest BCUT2D eigenvalue weighted by molar-refractivity contribution is 6.04. The van der Waals surface area contributed by atoms with E-state index in [1.165, 1.54) is 26.3 Å². The third-order valence-electron chi connectivity index (χ3n) is 5.74. The molecule has 1 aromatic carbocycles. The number of aromatic nitrogens is 2. The zero-order valence-electron chi connectivity index (χ0n) is 20.0. The van der Waals surface area contributed by atoms with Gasteiger partial charge in [-0.3, -0.25) is 19.1 Å². The van der Waals surface area contributed by atoms with Gasteiger partial charge in [-0.1, -0.05) is 20.3 Å². The molecule has 3 rings (SSSR count). The van der Waals surface area contributed by atoms with Gasteiger partial charge in [0.25, 0.3) is 5.56 Å². The number of methoxy groups -OCH3 is 3. The lowest BCUT2D eigenvalue weighted by molar-refractivity contribution is -0.132. The molecular formula is C23H30N4O7. The van der Waals surface area contributed by atoms with E-state index in [-0.39, 0.29) is 36.6 Å². The molecule has 1 aromatic heterocycles. The molecule has 2 N–H and O–H groups in total. The van der Waals surface area contributed by atoms with Crippen molar-refractivity contribution in [2.75, 3.05) is 21.3 Å². The molecule has 34 heavy (non-hydrogen) atoms. The van der Waals surface area contributed by atoms with E-state index in [2.05, 4.69) is 10.1 Å². The van der Waals surface area contributed by atoms with Crippen molar-refractivity contribution in [2.45, 2.75) is 52.1 Å². The largest absolute Gasteiger partial charge is 0.494 e. The third kappa shape index (κ3) is 4.50. The van der Waals surface area contributed by atoms with Crippen molar-refractivity contribution < 1.29 is 24.1 Å². The van der Waals surface area contributed by atoms with Gasteiger partial charge in [-0.15, -0.1) is 0 Å². The highest BCUT2D eigenvalue weighted by Gasteiger charge is 2.36. The summed E-state index contributed by atoms with van der Waals surface area (Å²) in [5.74, 6) is 0.476. The van der Waals surface area contributed by atoms with E-state index < -0.39 is 23.2 Å². The number of nitrogens with one attached hydrogen (secondary N) is 1. The minimum Gasteiger partial charge on any atom is -0.494 e. The molecule has 0 bridgehead atoms. The van der Waals surface area contributed by atoms with Crippen LogP contribution in [0.5, 0.6) is 23.1 Å². The number of rotatable bonds is 9. The normalized spacial score (nSPS) is 15.3. The van der Waals surface area contributed by atoms with Crippen molar-refractivity contribution in [2.24, 2.45) is 5.10 Å². The van der Waals surface area contributed by atoms with Gasteiger partial charge in [-0.25, -0.2) is 9.80 Å². The Balaban J connectivity index is 2.13. The summed E-state index contributed by atoms with van der Waals surface area (Å²) < 4.78 is 17.4. The zero-order chi connectivity index (χ0) is 25.0. The molecule has 0 saturated heterocycles. The first-order valence-electron chi connectivity index (χ1n) is 11.1. The zero-order valence-corrected chi connectivity index (χ0v) is 20.0. The summed E-state index contributed by atoms with van der Waals surface area (Å²) in [6, 6.07) is 2.84. The Morgan fingerprint density at radius 3 is 2.32 bits per heavy atom. The number of aromatic hydroxyl groups is 1. The molecule has 1 aliphatic rings. The van der Waals surface area contributed by atoms with E-state index in [0.717, 1.165) is 11.0 Å². The van der Waals surface area contributed by atoms with E-state index in [1.807, 2.05) is 6.92 Å². The van der Waals surface area contributed by atoms with Crippen LogP contribution in [0.4, 0.5) is 0 Å². The minimum atomic E-state index is -0.761. The Labute approximate surface area is 196 Å². The van der Waals surface area contributed by atoms with Crippen molar-refractivity contribution >= 4 is 11.6 Å². The number of aromatic amines is 1. The standard InChI is InChI=1S/C23H30N4O7/c1-6-8-9-26-22(30)19(21(29)24-23(26)31)14-12-15(27(25-14)18(28)7-2)13-10-16(32-3)20(34-5)17(11-13)33-4/h10-11,15,30H,6-9,12H2,1-5H3,(H,24,29,31)/t15-/m0/s1. The first kappa shape index (κ1) is 24.9. The Bertz CT molecular complexity index is 1190. The predicted molar refractivity (Wildman–Crippen MR) is 125 cm³/mol. The van der Waals surface area contributed by atoms with Gasteiger partial charge >= 0.3 is 5.69 Å². The van der Waals surface area contributed by atoms with Gasteiger partial charge in [0.15, 0.2) is 11.5 Å². The van der Waals surface area contributed by atoms with Crippen molar-refractivity contribution in [1.29, 1.82) is 0 Å². The van der Waals surface area contributed by atoms with Crippen molar-refractivity contribution in [1.82, 2.24) is 14.6 Å². The predicted octanol–water partition coefficient (Wildman–Crippen LogP) is 2.16. The second-order valence-corrected chi connectivity index (χ2v) is 7.78. The summed E-state index contributed by atoms with van der Waals surface area (Å²) in [7, 11) is 4.47. The molecule has 0 saturated carbocycles. The molecule has 0 fully saturated rings. The fourth-order valence-electron chi connectivity index (χ4n) is 3.95. The number of hydrogen-bond donors (Lipinski definition) is 2. The highest BCUT2D eigenvalue weighted by Crippen LogP contribution is 2.43. The number of nitrogens with zero attached hydrogens (tertiary/aromatic N) is 3. The van der Waals surface area contributed by atoms with Crippen LogP contribution in [0.1, 0.15) is 56.7 Å². The highest BCUT2D eigenvalue weighted by atomic mass is 16.5. The van der Waals surface area contributed by atoms with Gasteiger partial charge < -0.3 is 19.3 Å². The molecule has 184 valence electrons. The fraction of sp³-hybridized carbons (Fsp3) is 0.478. The second-order valence-electron chi connectivity index (χ2n) is 7.78. The monoisotopic (exact) mass is 474 g/mol. The van der Waals surface area contributed by atoms with Crippen LogP contribution in [0.15, 0.2) is 26.8 Å². The molecule has 2 heterocycles. The van der Waals surface area contributed by atoms with Crippen LogP contribution in [-0.4, -0.2) is 52.6 Å². The van der Waals surface area contributed by atoms with Crippen LogP contribution in [0.2, 0.25) is 0 Å². The average Bonchev–Trinajstić information content (AvgIpc) is 3.27. The summed E-state index contributed by atoms with van der Waals surface area (Å²) in [6.07, 6.45) is 1.74. The molecule has 2 aromatic rings. The number of unbranched alkanes of at least 4 members (excludes halogenated alkanes) is 1. The molecule has 11 nitrogen and oxygen atoms in total. The Kier molecular flexibility index (Phi) is 7.64. The Morgan fingerprint density at radius 1 is 1.15 bits per heavy atom. The van der Waals surface area contributed by atoms with Gasteiger partial charge in [0.1, 0.15) is 5.56 Å². The third-order valence-corrected chi connectivity index (χ3v) is 5.74. The van der Waals surface area contributed by atoms with Gasteiger partial charge in [0, 0.05) is 19.4 Å². The lowest BCUT2D eigenvalue weighted by atomic mass is 9.98. The summed E-state index contributed by atoms with van der Waals surface area (Å²) in [4.78, 5) is 39.9. The summed E-state index contributed by atoms with van der Waals surface area (Å²) in [5.41, 5.74) is -0.737. The number of ether oxygens (including phenoxy) is 3. The van der Waals surface area contributed by atoms with E-state index >= 15 is 0 Å². The molecule has 0 radical (unpaired) electrons. The van der Waals surface area contributed by atoms with Gasteiger partial charge in [0.05, 0.1) is 33.1 Å². The Morgan fingerprint density at radius 2 is 1.79 bits per heavy atom. The molecule has 1 aliphatic heterocycles. The number of carbonyl (C=O) groups is 1. The Hall–Kier alpha value is -3.76. The smallest absolute Gasteiger partial charge is 0.331 e. The van der Waals surface area contributed by atoms with Gasteiger partial charge in [0.2, 0.25) is 17.5 Å². The van der Waals surface area contributed by atoms with E-state index in [0.29, 0.717) is 29.2 Å². The molecule has 1 atom stereocenters. The van der Waals surface area contributed by atoms with Crippen LogP contribution >= 0.6 is 0 Å². The molecule has 0 aliphatic carbocycles. The number of benzene rings is 1. The molecular weight excluding hydrogens is 444 g/mol. The van der Waals surface area contributed by atoms with Crippen LogP contribution in [0, 0.1) is 0 Å². The molecule has 1 amide bonds. The molecule has 11 heteroatoms. The topological polar surface area (TPSA) is 135 Å². The lowest BCUT2D eigenvalue weighted by Gasteiger charge is -2.23. The number of hydrogen-bond acceptors (Lipinski definition) is 8. The number of carbonyl (C=O) groups excluding carboxylic acids is 1. The number of H-pyrrole nitrogens is 1. The summed E-state index contributed by atoms with van der Waals surface area (Å²) in [5, 5.41) is 16.5. The van der Waals surface area contributed by atoms with Crippen LogP contribution < -0.4 is 25.5 Å². The second kappa shape index (κ2) is 10.4. The fourth-order valence-corrected chi connectivity index (χ4v) is 3.95. The maximum atomic E-state index is 12.8. The van der Waals surface area contributed by atoms with Gasteiger partial charge in [-0.05, 0) is 24.1 Å². The van der Waals surface area contributed by atoms with Crippen molar-refractivity contribution in [3.63, 3.8) is 0 Å². The summed E-state index contributed by atoms with van der Waals surface area (Å²) >= 11 is 0. The minimum absolute atomic E-state index is 0.125. The summed E-state index contributed by atoms with van der Waals surface area (Å²) in [6.45, 7) is 3.90. The lowest BCUT2D eigenvalue weighted by Crippen LogP contribution is -2.33. The SMILES string of the molecule is CCCCn1c(O)c(C2=NN(C(=O)CC)[C@H](c3cc(OC)c(OC)c(OC)c3)C2)c(=O)[nH]c1=O. The number of amides is 1. The number of hydrazone groups is 1. The first-order valence-corrected chi connectivity index (χ1v) is 11.1. The van der Waals surface area contributed by atoms with Crippen LogP contribution in [0.25, 0.3) is 0 Å². The van der Waals surface area contributed by atoms with E-state index in [1.54, 1.807) is 19.1 Å². The molecule has 0 unspecified atom stereocenters. The molecule has 0 spiro atoms. The van der Waals surface area contributed by atoms with E-state index in [4.69, 9.17) is 14.2 Å². The maximum Gasteiger partial charge on any atom is 0.331 e. The van der Waals surface area contributed by atoms with Crippen molar-refractivity contribution in [3.8, 4) is 23.1 Å². The van der Waals surface area contributed by atoms with Crippen LogP contribution in [0.3, 0.4) is 0 Å². The van der Waals surface area contributed by atoms with Crippen LogP contribution in [-0.2, 0) is 11.3 Å². The van der Waals surface area contributed by atoms with Gasteiger partial charge in [-0.2, -0.15) is 5.10 Å². The maximum absolute atomic E-state index is 12.8. The quantitative estimate of drug-likeness (QED) is 0.568.